The van der Waals surface area contributed by atoms with E-state index in [1.54, 1.807) is 18.2 Å². The van der Waals surface area contributed by atoms with Crippen molar-refractivity contribution in [1.29, 1.82) is 0 Å². The molecule has 0 heterocycles. The molecule has 7 heteroatoms. The van der Waals surface area contributed by atoms with E-state index < -0.39 is 4.92 Å². The van der Waals surface area contributed by atoms with Crippen molar-refractivity contribution in [1.82, 2.24) is 0 Å². The molecule has 0 saturated heterocycles. The van der Waals surface area contributed by atoms with Gasteiger partial charge < -0.3 is 14.8 Å². The molecule has 0 spiro atoms. The minimum absolute atomic E-state index is 0.0325. The second kappa shape index (κ2) is 8.68. The Morgan fingerprint density at radius 3 is 2.56 bits per heavy atom. The van der Waals surface area contributed by atoms with Crippen LogP contribution in [0.5, 0.6) is 11.5 Å². The van der Waals surface area contributed by atoms with Crippen molar-refractivity contribution in [2.45, 2.75) is 26.4 Å². The lowest BCUT2D eigenvalue weighted by Gasteiger charge is -2.13. The normalized spacial score (nSPS) is 11.4. The van der Waals surface area contributed by atoms with Crippen molar-refractivity contribution in [3.63, 3.8) is 0 Å². The number of amides is 1. The van der Waals surface area contributed by atoms with Crippen LogP contribution in [0.25, 0.3) is 0 Å². The number of carbonyl (C=O) groups excluding carboxylic acids is 1. The van der Waals surface area contributed by atoms with Crippen molar-refractivity contribution in [3.05, 3.63) is 58.6 Å². The van der Waals surface area contributed by atoms with Gasteiger partial charge in [0.15, 0.2) is 6.61 Å². The monoisotopic (exact) mass is 344 g/mol. The fraction of sp³-hybridized carbons (Fsp3) is 0.278. The maximum atomic E-state index is 12.0. The molecule has 2 aromatic carbocycles. The molecule has 1 unspecified atom stereocenters. The third-order valence-electron chi connectivity index (χ3n) is 3.45. The number of nitro groups is 1. The van der Waals surface area contributed by atoms with E-state index in [1.807, 2.05) is 19.9 Å². The first-order valence-electron chi connectivity index (χ1n) is 7.91. The summed E-state index contributed by atoms with van der Waals surface area (Å²) >= 11 is 0. The number of rotatable bonds is 8. The highest BCUT2D eigenvalue weighted by molar-refractivity contribution is 5.92. The van der Waals surface area contributed by atoms with Gasteiger partial charge in [-0.1, -0.05) is 13.0 Å². The van der Waals surface area contributed by atoms with E-state index in [-0.39, 0.29) is 24.3 Å². The SMILES string of the molecule is CCC(C)Oc1cccc(NC(=O)COc2ccc([N+](=O)[O-])cc2)c1. The Morgan fingerprint density at radius 2 is 1.92 bits per heavy atom. The van der Waals surface area contributed by atoms with Crippen molar-refractivity contribution in [3.8, 4) is 11.5 Å². The number of nitrogens with zero attached hydrogens (tertiary/aromatic N) is 1. The standard InChI is InChI=1S/C18H20N2O5/c1-3-13(2)25-17-6-4-5-14(11-17)19-18(21)12-24-16-9-7-15(8-10-16)20(22)23/h4-11,13H,3,12H2,1-2H3,(H,19,21). The Balaban J connectivity index is 1.87. The average molecular weight is 344 g/mol. The number of ether oxygens (including phenoxy) is 2. The van der Waals surface area contributed by atoms with Crippen LogP contribution in [0.4, 0.5) is 11.4 Å². The van der Waals surface area contributed by atoms with E-state index in [2.05, 4.69) is 5.32 Å². The summed E-state index contributed by atoms with van der Waals surface area (Å²) in [7, 11) is 0. The summed E-state index contributed by atoms with van der Waals surface area (Å²) in [6.45, 7) is 3.81. The van der Waals surface area contributed by atoms with E-state index in [0.717, 1.165) is 6.42 Å². The highest BCUT2D eigenvalue weighted by Crippen LogP contribution is 2.20. The highest BCUT2D eigenvalue weighted by Gasteiger charge is 2.08. The summed E-state index contributed by atoms with van der Waals surface area (Å²) in [4.78, 5) is 22.1. The molecule has 0 fully saturated rings. The fourth-order valence-corrected chi connectivity index (χ4v) is 1.97. The minimum atomic E-state index is -0.495. The predicted octanol–water partition coefficient (Wildman–Crippen LogP) is 3.79. The van der Waals surface area contributed by atoms with E-state index in [1.165, 1.54) is 24.3 Å². The Bertz CT molecular complexity index is 731. The van der Waals surface area contributed by atoms with E-state index in [4.69, 9.17) is 9.47 Å². The molecule has 0 aliphatic carbocycles. The van der Waals surface area contributed by atoms with Crippen molar-refractivity contribution in [2.75, 3.05) is 11.9 Å². The maximum Gasteiger partial charge on any atom is 0.269 e. The highest BCUT2D eigenvalue weighted by atomic mass is 16.6. The quantitative estimate of drug-likeness (QED) is 0.581. The van der Waals surface area contributed by atoms with Crippen LogP contribution in [0.15, 0.2) is 48.5 Å². The lowest BCUT2D eigenvalue weighted by molar-refractivity contribution is -0.384. The van der Waals surface area contributed by atoms with Crippen LogP contribution in [0.1, 0.15) is 20.3 Å². The maximum absolute atomic E-state index is 12.0. The number of benzene rings is 2. The Labute approximate surface area is 145 Å². The van der Waals surface area contributed by atoms with Crippen LogP contribution in [0.3, 0.4) is 0 Å². The van der Waals surface area contributed by atoms with Crippen molar-refractivity contribution in [2.24, 2.45) is 0 Å². The molecular formula is C18H20N2O5. The third-order valence-corrected chi connectivity index (χ3v) is 3.45. The zero-order valence-electron chi connectivity index (χ0n) is 14.1. The second-order valence-corrected chi connectivity index (χ2v) is 5.45. The summed E-state index contributed by atoms with van der Waals surface area (Å²) in [5, 5.41) is 13.3. The molecule has 2 rings (SSSR count). The van der Waals surface area contributed by atoms with Crippen molar-refractivity contribution >= 4 is 17.3 Å². The van der Waals surface area contributed by atoms with Crippen LogP contribution >= 0.6 is 0 Å². The average Bonchev–Trinajstić information content (AvgIpc) is 2.60. The van der Waals surface area contributed by atoms with Crippen LogP contribution in [-0.4, -0.2) is 23.5 Å². The number of carbonyl (C=O) groups is 1. The summed E-state index contributed by atoms with van der Waals surface area (Å²) < 4.78 is 11.0. The molecule has 1 N–H and O–H groups in total. The summed E-state index contributed by atoms with van der Waals surface area (Å²) in [6, 6.07) is 12.7. The lowest BCUT2D eigenvalue weighted by atomic mass is 10.2. The molecule has 1 atom stereocenters. The first kappa shape index (κ1) is 18.3. The topological polar surface area (TPSA) is 90.7 Å². The van der Waals surface area contributed by atoms with E-state index in [9.17, 15) is 14.9 Å². The van der Waals surface area contributed by atoms with Gasteiger partial charge in [-0.25, -0.2) is 0 Å². The second-order valence-electron chi connectivity index (χ2n) is 5.45. The van der Waals surface area contributed by atoms with Crippen LogP contribution in [0, 0.1) is 10.1 Å². The number of nitrogens with one attached hydrogen (secondary N) is 1. The third kappa shape index (κ3) is 5.80. The van der Waals surface area contributed by atoms with Gasteiger partial charge in [0.2, 0.25) is 0 Å². The first-order chi connectivity index (χ1) is 12.0. The Kier molecular flexibility index (Phi) is 6.33. The van der Waals surface area contributed by atoms with Gasteiger partial charge in [-0.15, -0.1) is 0 Å². The van der Waals surface area contributed by atoms with Gasteiger partial charge >= 0.3 is 0 Å². The molecule has 2 aromatic rings. The van der Waals surface area contributed by atoms with Gasteiger partial charge in [0.05, 0.1) is 11.0 Å². The Morgan fingerprint density at radius 1 is 1.20 bits per heavy atom. The van der Waals surface area contributed by atoms with Gasteiger partial charge in [0.25, 0.3) is 11.6 Å². The Hall–Kier alpha value is -3.09. The van der Waals surface area contributed by atoms with Crippen LogP contribution in [0.2, 0.25) is 0 Å². The fourth-order valence-electron chi connectivity index (χ4n) is 1.97. The van der Waals surface area contributed by atoms with Gasteiger partial charge in [-0.2, -0.15) is 0 Å². The molecule has 0 radical (unpaired) electrons. The molecule has 0 aliphatic rings. The number of anilines is 1. The number of nitro benzene ring substituents is 1. The molecule has 1 amide bonds. The van der Waals surface area contributed by atoms with Crippen LogP contribution < -0.4 is 14.8 Å². The minimum Gasteiger partial charge on any atom is -0.491 e. The van der Waals surface area contributed by atoms with E-state index in [0.29, 0.717) is 17.2 Å². The van der Waals surface area contributed by atoms with Gasteiger partial charge in [-0.05, 0) is 37.6 Å². The molecule has 0 bridgehead atoms. The molecule has 132 valence electrons. The van der Waals surface area contributed by atoms with Gasteiger partial charge in [-0.3, -0.25) is 14.9 Å². The van der Waals surface area contributed by atoms with Crippen LogP contribution in [-0.2, 0) is 4.79 Å². The van der Waals surface area contributed by atoms with Crippen molar-refractivity contribution < 1.29 is 19.2 Å². The van der Waals surface area contributed by atoms with Gasteiger partial charge in [0, 0.05) is 23.9 Å². The summed E-state index contributed by atoms with van der Waals surface area (Å²) in [5.41, 5.74) is 0.577. The smallest absolute Gasteiger partial charge is 0.269 e. The molecule has 0 aromatic heterocycles. The molecule has 0 saturated carbocycles. The zero-order valence-corrected chi connectivity index (χ0v) is 14.1. The summed E-state index contributed by atoms with van der Waals surface area (Å²) in [5.74, 6) is 0.733. The molecule has 25 heavy (non-hydrogen) atoms. The number of hydrogen-bond acceptors (Lipinski definition) is 5. The van der Waals surface area contributed by atoms with Gasteiger partial charge in [0.1, 0.15) is 11.5 Å². The number of non-ortho nitro benzene ring substituents is 1. The first-order valence-corrected chi connectivity index (χ1v) is 7.91. The molecule has 7 nitrogen and oxygen atoms in total. The molecule has 0 aliphatic heterocycles. The number of hydrogen-bond donors (Lipinski definition) is 1. The molecular weight excluding hydrogens is 324 g/mol. The zero-order chi connectivity index (χ0) is 18.2. The summed E-state index contributed by atoms with van der Waals surface area (Å²) in [6.07, 6.45) is 0.982. The predicted molar refractivity (Wildman–Crippen MR) is 94.0 cm³/mol. The lowest BCUT2D eigenvalue weighted by Crippen LogP contribution is -2.20. The van der Waals surface area contributed by atoms with E-state index >= 15 is 0 Å². The largest absolute Gasteiger partial charge is 0.491 e.